The van der Waals surface area contributed by atoms with Gasteiger partial charge in [0.2, 0.25) is 11.8 Å². The Bertz CT molecular complexity index is 1080. The SMILES string of the molecule is Cc1ccccc1Oc1ccc(NC(=O)[C@H]2CC(=O)N(c3ccccc3Cl)C2)cc1. The number of nitrogens with one attached hydrogen (secondary N) is 1. The van der Waals surface area contributed by atoms with E-state index in [0.717, 1.165) is 11.3 Å². The molecule has 6 heteroatoms. The number of carbonyl (C=O) groups excluding carboxylic acids is 2. The van der Waals surface area contributed by atoms with E-state index in [1.807, 2.05) is 43.3 Å². The maximum absolute atomic E-state index is 12.7. The Balaban J connectivity index is 1.39. The summed E-state index contributed by atoms with van der Waals surface area (Å²) in [5.41, 5.74) is 2.34. The van der Waals surface area contributed by atoms with Gasteiger partial charge in [0.05, 0.1) is 16.6 Å². The van der Waals surface area contributed by atoms with E-state index < -0.39 is 5.92 Å². The highest BCUT2D eigenvalue weighted by Crippen LogP contribution is 2.32. The molecule has 0 aromatic heterocycles. The molecule has 1 atom stereocenters. The molecule has 0 unspecified atom stereocenters. The zero-order chi connectivity index (χ0) is 21.1. The van der Waals surface area contributed by atoms with Crippen molar-refractivity contribution in [3.8, 4) is 11.5 Å². The van der Waals surface area contributed by atoms with Crippen LogP contribution in [0.4, 0.5) is 11.4 Å². The van der Waals surface area contributed by atoms with Crippen molar-refractivity contribution in [3.63, 3.8) is 0 Å². The van der Waals surface area contributed by atoms with Crippen LogP contribution in [0.3, 0.4) is 0 Å². The molecule has 1 fully saturated rings. The predicted molar refractivity (Wildman–Crippen MR) is 118 cm³/mol. The lowest BCUT2D eigenvalue weighted by molar-refractivity contribution is -0.122. The molecule has 3 aromatic rings. The number of ether oxygens (including phenoxy) is 1. The summed E-state index contributed by atoms with van der Waals surface area (Å²) < 4.78 is 5.88. The van der Waals surface area contributed by atoms with E-state index in [0.29, 0.717) is 28.7 Å². The largest absolute Gasteiger partial charge is 0.457 e. The standard InChI is InChI=1S/C24H21ClN2O3/c1-16-6-2-5-9-22(16)30-19-12-10-18(11-13-19)26-24(29)17-14-23(28)27(15-17)21-8-4-3-7-20(21)25/h2-13,17H,14-15H2,1H3,(H,26,29)/t17-/m0/s1. The van der Waals surface area contributed by atoms with Gasteiger partial charge in [0.15, 0.2) is 0 Å². The van der Waals surface area contributed by atoms with E-state index in [1.165, 1.54) is 0 Å². The lowest BCUT2D eigenvalue weighted by Gasteiger charge is -2.18. The first-order chi connectivity index (χ1) is 14.5. The molecule has 3 aromatic carbocycles. The van der Waals surface area contributed by atoms with Crippen LogP contribution in [0.5, 0.6) is 11.5 Å². The third-order valence-corrected chi connectivity index (χ3v) is 5.40. The average molecular weight is 421 g/mol. The van der Waals surface area contributed by atoms with Crippen molar-refractivity contribution in [1.82, 2.24) is 0 Å². The summed E-state index contributed by atoms with van der Waals surface area (Å²) in [6.45, 7) is 2.29. The molecule has 1 heterocycles. The van der Waals surface area contributed by atoms with Crippen molar-refractivity contribution in [2.24, 2.45) is 5.92 Å². The van der Waals surface area contributed by atoms with Crippen molar-refractivity contribution in [1.29, 1.82) is 0 Å². The van der Waals surface area contributed by atoms with Gasteiger partial charge in [0.25, 0.3) is 0 Å². The first kappa shape index (κ1) is 20.0. The number of para-hydroxylation sites is 2. The predicted octanol–water partition coefficient (Wildman–Crippen LogP) is 5.43. The van der Waals surface area contributed by atoms with Crippen LogP contribution < -0.4 is 15.0 Å². The lowest BCUT2D eigenvalue weighted by atomic mass is 10.1. The number of hydrogen-bond donors (Lipinski definition) is 1. The second kappa shape index (κ2) is 8.59. The normalized spacial score (nSPS) is 15.9. The fourth-order valence-electron chi connectivity index (χ4n) is 3.44. The Morgan fingerprint density at radius 3 is 2.47 bits per heavy atom. The summed E-state index contributed by atoms with van der Waals surface area (Å²) in [6.07, 6.45) is 0.158. The zero-order valence-electron chi connectivity index (χ0n) is 16.5. The number of aryl methyl sites for hydroxylation is 1. The molecule has 0 radical (unpaired) electrons. The van der Waals surface area contributed by atoms with Crippen LogP contribution in [-0.2, 0) is 9.59 Å². The van der Waals surface area contributed by atoms with Crippen molar-refractivity contribution in [2.45, 2.75) is 13.3 Å². The summed E-state index contributed by atoms with van der Waals surface area (Å²) in [6, 6.07) is 22.1. The molecule has 0 bridgehead atoms. The molecule has 2 amide bonds. The van der Waals surface area contributed by atoms with Crippen LogP contribution >= 0.6 is 11.6 Å². The van der Waals surface area contributed by atoms with Gasteiger partial charge < -0.3 is 15.0 Å². The third kappa shape index (κ3) is 4.31. The number of rotatable bonds is 5. The van der Waals surface area contributed by atoms with Crippen LogP contribution in [0.1, 0.15) is 12.0 Å². The summed E-state index contributed by atoms with van der Waals surface area (Å²) >= 11 is 6.20. The molecule has 1 saturated heterocycles. The average Bonchev–Trinajstić information content (AvgIpc) is 3.13. The van der Waals surface area contributed by atoms with Crippen LogP contribution in [0.2, 0.25) is 5.02 Å². The Hall–Kier alpha value is -3.31. The number of benzene rings is 3. The van der Waals surface area contributed by atoms with Gasteiger partial charge in [-0.2, -0.15) is 0 Å². The molecular formula is C24H21ClN2O3. The first-order valence-electron chi connectivity index (χ1n) is 9.70. The minimum Gasteiger partial charge on any atom is -0.457 e. The smallest absolute Gasteiger partial charge is 0.229 e. The number of nitrogens with zero attached hydrogens (tertiary/aromatic N) is 1. The quantitative estimate of drug-likeness (QED) is 0.598. The van der Waals surface area contributed by atoms with E-state index in [9.17, 15) is 9.59 Å². The minimum absolute atomic E-state index is 0.106. The lowest BCUT2D eigenvalue weighted by Crippen LogP contribution is -2.28. The van der Waals surface area contributed by atoms with Crippen LogP contribution in [0, 0.1) is 12.8 Å². The molecule has 1 aliphatic heterocycles. The third-order valence-electron chi connectivity index (χ3n) is 5.08. The van der Waals surface area contributed by atoms with Crippen LogP contribution in [0.15, 0.2) is 72.8 Å². The van der Waals surface area contributed by atoms with E-state index in [1.54, 1.807) is 41.3 Å². The van der Waals surface area contributed by atoms with Crippen LogP contribution in [-0.4, -0.2) is 18.4 Å². The van der Waals surface area contributed by atoms with Crippen LogP contribution in [0.25, 0.3) is 0 Å². The molecule has 5 nitrogen and oxygen atoms in total. The van der Waals surface area contributed by atoms with Crippen molar-refractivity contribution < 1.29 is 14.3 Å². The molecule has 1 N–H and O–H groups in total. The maximum Gasteiger partial charge on any atom is 0.229 e. The van der Waals surface area contributed by atoms with Gasteiger partial charge in [-0.15, -0.1) is 0 Å². The van der Waals surface area contributed by atoms with Gasteiger partial charge in [-0.25, -0.2) is 0 Å². The topological polar surface area (TPSA) is 58.6 Å². The molecule has 152 valence electrons. The second-order valence-electron chi connectivity index (χ2n) is 7.24. The monoisotopic (exact) mass is 420 g/mol. The van der Waals surface area contributed by atoms with Gasteiger partial charge >= 0.3 is 0 Å². The van der Waals surface area contributed by atoms with Gasteiger partial charge in [0, 0.05) is 18.7 Å². The molecule has 0 spiro atoms. The number of amides is 2. The number of hydrogen-bond acceptors (Lipinski definition) is 3. The van der Waals surface area contributed by atoms with Crippen molar-refractivity contribution >= 4 is 34.8 Å². The fourth-order valence-corrected chi connectivity index (χ4v) is 3.67. The Morgan fingerprint density at radius 1 is 1.03 bits per heavy atom. The number of carbonyl (C=O) groups is 2. The number of halogens is 1. The molecule has 1 aliphatic rings. The summed E-state index contributed by atoms with van der Waals surface area (Å²) in [5.74, 6) is 0.744. The van der Waals surface area contributed by atoms with Crippen molar-refractivity contribution in [2.75, 3.05) is 16.8 Å². The van der Waals surface area contributed by atoms with E-state index in [2.05, 4.69) is 5.32 Å². The molecule has 0 aliphatic carbocycles. The minimum atomic E-state index is -0.434. The summed E-state index contributed by atoms with van der Waals surface area (Å²) in [4.78, 5) is 26.7. The summed E-state index contributed by atoms with van der Waals surface area (Å²) in [7, 11) is 0. The highest BCUT2D eigenvalue weighted by Gasteiger charge is 2.35. The van der Waals surface area contributed by atoms with E-state index in [-0.39, 0.29) is 18.2 Å². The van der Waals surface area contributed by atoms with Gasteiger partial charge in [-0.1, -0.05) is 41.9 Å². The van der Waals surface area contributed by atoms with Gasteiger partial charge in [-0.05, 0) is 55.0 Å². The van der Waals surface area contributed by atoms with Gasteiger partial charge in [0.1, 0.15) is 11.5 Å². The summed E-state index contributed by atoms with van der Waals surface area (Å²) in [5, 5.41) is 3.38. The molecule has 0 saturated carbocycles. The first-order valence-corrected chi connectivity index (χ1v) is 10.1. The fraction of sp³-hybridized carbons (Fsp3) is 0.167. The Labute approximate surface area is 180 Å². The Morgan fingerprint density at radius 2 is 1.73 bits per heavy atom. The van der Waals surface area contributed by atoms with Crippen molar-refractivity contribution in [3.05, 3.63) is 83.4 Å². The zero-order valence-corrected chi connectivity index (χ0v) is 17.2. The molecule has 4 rings (SSSR count). The number of anilines is 2. The highest BCUT2D eigenvalue weighted by atomic mass is 35.5. The second-order valence-corrected chi connectivity index (χ2v) is 7.65. The Kier molecular flexibility index (Phi) is 5.72. The highest BCUT2D eigenvalue weighted by molar-refractivity contribution is 6.33. The molecule has 30 heavy (non-hydrogen) atoms. The maximum atomic E-state index is 12.7. The molecular weight excluding hydrogens is 400 g/mol. The van der Waals surface area contributed by atoms with E-state index >= 15 is 0 Å². The van der Waals surface area contributed by atoms with Gasteiger partial charge in [-0.3, -0.25) is 9.59 Å². The van der Waals surface area contributed by atoms with E-state index in [4.69, 9.17) is 16.3 Å².